The highest BCUT2D eigenvalue weighted by molar-refractivity contribution is 6.09. The number of piperidine rings is 1. The first-order valence-corrected chi connectivity index (χ1v) is 8.47. The Kier molecular flexibility index (Phi) is 2.79. The van der Waals surface area contributed by atoms with Crippen LogP contribution in [0.3, 0.4) is 0 Å². The third kappa shape index (κ3) is 1.82. The minimum Gasteiger partial charge on any atom is -0.465 e. The van der Waals surface area contributed by atoms with Gasteiger partial charge < -0.3 is 9.64 Å². The lowest BCUT2D eigenvalue weighted by atomic mass is 9.81. The lowest BCUT2D eigenvalue weighted by Gasteiger charge is -2.30. The van der Waals surface area contributed by atoms with Gasteiger partial charge in [0.15, 0.2) is 5.78 Å². The van der Waals surface area contributed by atoms with Gasteiger partial charge in [0.05, 0.1) is 12.7 Å². The van der Waals surface area contributed by atoms with Gasteiger partial charge in [0.1, 0.15) is 0 Å². The number of carbonyl (C=O) groups excluding carboxylic acids is 2. The Labute approximate surface area is 145 Å². The van der Waals surface area contributed by atoms with Crippen LogP contribution in [0.4, 0.5) is 5.69 Å². The number of methoxy groups -OCH3 is 1. The molecule has 2 aromatic rings. The number of hydrogen-bond acceptors (Lipinski definition) is 4. The van der Waals surface area contributed by atoms with Crippen molar-refractivity contribution in [2.45, 2.75) is 11.8 Å². The molecule has 1 saturated carbocycles. The van der Waals surface area contributed by atoms with Crippen molar-refractivity contribution in [2.75, 3.05) is 18.6 Å². The molecular weight excluding hydrogens is 314 g/mol. The average molecular weight is 331 g/mol. The van der Waals surface area contributed by atoms with Gasteiger partial charge in [-0.25, -0.2) is 4.79 Å². The van der Waals surface area contributed by atoms with Crippen LogP contribution in [0.1, 0.15) is 32.7 Å². The zero-order valence-electron chi connectivity index (χ0n) is 13.9. The predicted octanol–water partition coefficient (Wildman–Crippen LogP) is 3.33. The van der Waals surface area contributed by atoms with E-state index in [0.717, 1.165) is 29.9 Å². The molecule has 2 atom stereocenters. The quantitative estimate of drug-likeness (QED) is 0.792. The minimum atomic E-state index is -0.340. The maximum absolute atomic E-state index is 12.6. The van der Waals surface area contributed by atoms with E-state index in [2.05, 4.69) is 11.0 Å². The summed E-state index contributed by atoms with van der Waals surface area (Å²) in [5.41, 5.74) is 4.67. The number of fused-ring (bicyclic) bond motifs is 1. The van der Waals surface area contributed by atoms with Crippen LogP contribution in [0.25, 0.3) is 0 Å². The Balaban J connectivity index is 1.55. The minimum absolute atomic E-state index is 0.00548. The number of esters is 1. The van der Waals surface area contributed by atoms with Gasteiger partial charge in [-0.1, -0.05) is 24.3 Å². The summed E-state index contributed by atoms with van der Waals surface area (Å²) in [6, 6.07) is 15.4. The summed E-state index contributed by atoms with van der Waals surface area (Å²) in [5.74, 6) is 0.293. The van der Waals surface area contributed by atoms with Crippen molar-refractivity contribution in [3.8, 4) is 0 Å². The number of hydrogen-bond donors (Lipinski definition) is 0. The Morgan fingerprint density at radius 1 is 1.16 bits per heavy atom. The van der Waals surface area contributed by atoms with Crippen molar-refractivity contribution in [2.24, 2.45) is 5.92 Å². The molecule has 0 amide bonds. The molecule has 2 fully saturated rings. The second-order valence-electron chi connectivity index (χ2n) is 6.96. The Morgan fingerprint density at radius 2 is 1.92 bits per heavy atom. The second-order valence-corrected chi connectivity index (χ2v) is 6.96. The highest BCUT2D eigenvalue weighted by Gasteiger charge is 2.66. The summed E-state index contributed by atoms with van der Waals surface area (Å²) in [7, 11) is 1.38. The summed E-state index contributed by atoms with van der Waals surface area (Å²) in [6.45, 7) is 0.908. The van der Waals surface area contributed by atoms with Crippen LogP contribution in [-0.4, -0.2) is 25.4 Å². The van der Waals surface area contributed by atoms with Gasteiger partial charge in [0, 0.05) is 35.0 Å². The third-order valence-corrected chi connectivity index (χ3v) is 5.80. The smallest absolute Gasteiger partial charge is 0.337 e. The highest BCUT2D eigenvalue weighted by atomic mass is 16.5. The normalized spacial score (nSPS) is 25.6. The topological polar surface area (TPSA) is 46.6 Å². The number of nitrogens with zero attached hydrogens (tertiary/aromatic N) is 1. The van der Waals surface area contributed by atoms with Gasteiger partial charge >= 0.3 is 5.97 Å². The summed E-state index contributed by atoms with van der Waals surface area (Å²) < 4.78 is 4.76. The number of ether oxygens (including phenoxy) is 1. The molecule has 0 aromatic heterocycles. The van der Waals surface area contributed by atoms with Crippen LogP contribution >= 0.6 is 0 Å². The van der Waals surface area contributed by atoms with E-state index < -0.39 is 0 Å². The summed E-state index contributed by atoms with van der Waals surface area (Å²) >= 11 is 0. The van der Waals surface area contributed by atoms with Crippen LogP contribution in [0.5, 0.6) is 0 Å². The van der Waals surface area contributed by atoms with Gasteiger partial charge in [-0.2, -0.15) is 0 Å². The van der Waals surface area contributed by atoms with E-state index in [1.807, 2.05) is 36.4 Å². The lowest BCUT2D eigenvalue weighted by molar-refractivity contribution is 0.0600. The maximum atomic E-state index is 12.6. The molecule has 1 spiro atoms. The lowest BCUT2D eigenvalue weighted by Crippen LogP contribution is -2.28. The fourth-order valence-corrected chi connectivity index (χ4v) is 4.53. The van der Waals surface area contributed by atoms with E-state index in [0.29, 0.717) is 11.5 Å². The predicted molar refractivity (Wildman–Crippen MR) is 93.8 cm³/mol. The number of benzene rings is 2. The molecule has 2 aromatic carbocycles. The fraction of sp³-hybridized carbons (Fsp3) is 0.238. The molecule has 0 unspecified atom stereocenters. The molecule has 25 heavy (non-hydrogen) atoms. The van der Waals surface area contributed by atoms with Gasteiger partial charge in [-0.05, 0) is 42.2 Å². The third-order valence-electron chi connectivity index (χ3n) is 5.80. The van der Waals surface area contributed by atoms with E-state index in [1.54, 1.807) is 12.1 Å². The number of rotatable bonds is 2. The summed E-state index contributed by atoms with van der Waals surface area (Å²) in [5, 5.41) is 0. The van der Waals surface area contributed by atoms with E-state index in [-0.39, 0.29) is 17.2 Å². The van der Waals surface area contributed by atoms with Crippen molar-refractivity contribution in [3.05, 3.63) is 77.0 Å². The van der Waals surface area contributed by atoms with Crippen molar-refractivity contribution < 1.29 is 14.3 Å². The molecule has 2 aliphatic carbocycles. The number of ketones is 1. The van der Waals surface area contributed by atoms with E-state index in [1.165, 1.54) is 12.7 Å². The van der Waals surface area contributed by atoms with E-state index in [4.69, 9.17) is 4.74 Å². The van der Waals surface area contributed by atoms with Gasteiger partial charge in [0.25, 0.3) is 0 Å². The maximum Gasteiger partial charge on any atom is 0.337 e. The first kappa shape index (κ1) is 14.5. The Morgan fingerprint density at radius 3 is 2.68 bits per heavy atom. The molecule has 1 aliphatic heterocycles. The van der Waals surface area contributed by atoms with Crippen molar-refractivity contribution in [1.82, 2.24) is 0 Å². The standard InChI is InChI=1S/C21H17NO3/c1-25-20(24)13-6-8-15(9-7-13)22-12-14-11-21(14)17-5-3-2-4-16(17)18(23)10-19(21)22/h2-10,14H,11-12H2,1H3/t14-,21-/m1/s1. The molecule has 1 saturated heterocycles. The highest BCUT2D eigenvalue weighted by Crippen LogP contribution is 2.67. The zero-order valence-corrected chi connectivity index (χ0v) is 13.9. The molecule has 0 radical (unpaired) electrons. The van der Waals surface area contributed by atoms with E-state index in [9.17, 15) is 9.59 Å². The number of allylic oxidation sites excluding steroid dienone is 2. The zero-order chi connectivity index (χ0) is 17.2. The van der Waals surface area contributed by atoms with Crippen LogP contribution in [0, 0.1) is 5.92 Å². The van der Waals surface area contributed by atoms with Gasteiger partial charge in [-0.3, -0.25) is 4.79 Å². The Bertz CT molecular complexity index is 944. The molecule has 124 valence electrons. The first-order chi connectivity index (χ1) is 12.1. The largest absolute Gasteiger partial charge is 0.465 e. The van der Waals surface area contributed by atoms with Gasteiger partial charge in [-0.15, -0.1) is 0 Å². The van der Waals surface area contributed by atoms with Crippen LogP contribution in [-0.2, 0) is 10.2 Å². The molecule has 4 heteroatoms. The molecule has 5 rings (SSSR count). The molecule has 0 N–H and O–H groups in total. The second kappa shape index (κ2) is 4.82. The van der Waals surface area contributed by atoms with Crippen molar-refractivity contribution >= 4 is 17.4 Å². The van der Waals surface area contributed by atoms with E-state index >= 15 is 0 Å². The Hall–Kier alpha value is -2.88. The number of carbonyl (C=O) groups is 2. The molecule has 3 aliphatic rings. The van der Waals surface area contributed by atoms with Crippen molar-refractivity contribution in [3.63, 3.8) is 0 Å². The van der Waals surface area contributed by atoms with Crippen molar-refractivity contribution in [1.29, 1.82) is 0 Å². The average Bonchev–Trinajstić information content (AvgIpc) is 3.29. The molecular formula is C21H17NO3. The van der Waals surface area contributed by atoms with Crippen LogP contribution in [0.2, 0.25) is 0 Å². The van der Waals surface area contributed by atoms with Crippen LogP contribution < -0.4 is 4.90 Å². The van der Waals surface area contributed by atoms with Gasteiger partial charge in [0.2, 0.25) is 0 Å². The fourth-order valence-electron chi connectivity index (χ4n) is 4.53. The summed E-state index contributed by atoms with van der Waals surface area (Å²) in [4.78, 5) is 26.4. The molecule has 1 heterocycles. The first-order valence-electron chi connectivity index (χ1n) is 8.47. The molecule has 0 bridgehead atoms. The monoisotopic (exact) mass is 331 g/mol. The molecule has 4 nitrogen and oxygen atoms in total. The van der Waals surface area contributed by atoms with Crippen LogP contribution in [0.15, 0.2) is 60.3 Å². The SMILES string of the molecule is COC(=O)c1ccc(N2C[C@H]3C[C@@]34C2=CC(=O)c2ccccc24)cc1. The summed E-state index contributed by atoms with van der Waals surface area (Å²) in [6.07, 6.45) is 2.92. The number of anilines is 1.